The predicted octanol–water partition coefficient (Wildman–Crippen LogP) is 1.28. The molecule has 0 fully saturated rings. The molecule has 0 saturated heterocycles. The van der Waals surface area contributed by atoms with E-state index < -0.39 is 5.97 Å². The van der Waals surface area contributed by atoms with Crippen LogP contribution in [-0.4, -0.2) is 31.4 Å². The average molecular weight is 221 g/mol. The second-order valence-corrected chi connectivity index (χ2v) is 2.97. The van der Waals surface area contributed by atoms with Crippen LogP contribution >= 0.6 is 0 Å². The minimum Gasteiger partial charge on any atom is -0.490 e. The van der Waals surface area contributed by atoms with E-state index in [1.807, 2.05) is 6.07 Å². The molecule has 84 valence electrons. The second kappa shape index (κ2) is 5.73. The van der Waals surface area contributed by atoms with Gasteiger partial charge in [0.2, 0.25) is 0 Å². The molecule has 0 aliphatic rings. The van der Waals surface area contributed by atoms with Gasteiger partial charge in [-0.2, -0.15) is 5.26 Å². The highest BCUT2D eigenvalue weighted by molar-refractivity contribution is 5.91. The Balaban J connectivity index is 2.91. The molecule has 1 aromatic carbocycles. The van der Waals surface area contributed by atoms with E-state index >= 15 is 0 Å². The highest BCUT2D eigenvalue weighted by atomic mass is 16.5. The normalized spacial score (nSPS) is 9.50. The van der Waals surface area contributed by atoms with E-state index in [1.165, 1.54) is 25.3 Å². The third-order valence-corrected chi connectivity index (χ3v) is 1.88. The molecule has 1 aromatic rings. The van der Waals surface area contributed by atoms with Crippen LogP contribution in [0.15, 0.2) is 18.2 Å². The topological polar surface area (TPSA) is 79.5 Å². The van der Waals surface area contributed by atoms with Gasteiger partial charge in [0, 0.05) is 7.11 Å². The molecule has 16 heavy (non-hydrogen) atoms. The van der Waals surface area contributed by atoms with E-state index in [4.69, 9.17) is 19.8 Å². The third kappa shape index (κ3) is 2.97. The average Bonchev–Trinajstić information content (AvgIpc) is 2.29. The molecule has 1 N–H and O–H groups in total. The molecule has 0 aliphatic heterocycles. The summed E-state index contributed by atoms with van der Waals surface area (Å²) >= 11 is 0. The van der Waals surface area contributed by atoms with Crippen molar-refractivity contribution < 1.29 is 19.4 Å². The van der Waals surface area contributed by atoms with Crippen molar-refractivity contribution in [3.63, 3.8) is 0 Å². The SMILES string of the molecule is COCCOc1ccc(C#N)cc1C(=O)O. The lowest BCUT2D eigenvalue weighted by Crippen LogP contribution is -2.08. The highest BCUT2D eigenvalue weighted by Crippen LogP contribution is 2.19. The quantitative estimate of drug-likeness (QED) is 0.757. The molecule has 5 heteroatoms. The second-order valence-electron chi connectivity index (χ2n) is 2.97. The number of carboxylic acids is 1. The fourth-order valence-corrected chi connectivity index (χ4v) is 1.13. The van der Waals surface area contributed by atoms with Crippen molar-refractivity contribution in [1.29, 1.82) is 5.26 Å². The first kappa shape index (κ1) is 12.0. The van der Waals surface area contributed by atoms with Crippen LogP contribution in [0.1, 0.15) is 15.9 Å². The molecule has 0 atom stereocenters. The number of methoxy groups -OCH3 is 1. The van der Waals surface area contributed by atoms with E-state index in [2.05, 4.69) is 0 Å². The van der Waals surface area contributed by atoms with Gasteiger partial charge in [-0.05, 0) is 18.2 Å². The molecule has 0 amide bonds. The third-order valence-electron chi connectivity index (χ3n) is 1.88. The lowest BCUT2D eigenvalue weighted by Gasteiger charge is -2.08. The largest absolute Gasteiger partial charge is 0.490 e. The molecule has 0 bridgehead atoms. The summed E-state index contributed by atoms with van der Waals surface area (Å²) in [6.07, 6.45) is 0. The maximum atomic E-state index is 10.9. The first-order valence-corrected chi connectivity index (χ1v) is 4.58. The van der Waals surface area contributed by atoms with Gasteiger partial charge in [0.1, 0.15) is 17.9 Å². The smallest absolute Gasteiger partial charge is 0.339 e. The number of nitriles is 1. The van der Waals surface area contributed by atoms with Gasteiger partial charge in [-0.15, -0.1) is 0 Å². The van der Waals surface area contributed by atoms with Gasteiger partial charge in [-0.3, -0.25) is 0 Å². The first-order valence-electron chi connectivity index (χ1n) is 4.58. The minimum atomic E-state index is -1.12. The van der Waals surface area contributed by atoms with Gasteiger partial charge < -0.3 is 14.6 Å². The van der Waals surface area contributed by atoms with Crippen molar-refractivity contribution in [2.24, 2.45) is 0 Å². The van der Waals surface area contributed by atoms with E-state index in [0.717, 1.165) is 0 Å². The zero-order valence-electron chi connectivity index (χ0n) is 8.77. The number of benzene rings is 1. The molecule has 0 radical (unpaired) electrons. The summed E-state index contributed by atoms with van der Waals surface area (Å²) in [7, 11) is 1.53. The van der Waals surface area contributed by atoms with Crippen LogP contribution in [0.25, 0.3) is 0 Å². The maximum absolute atomic E-state index is 10.9. The Labute approximate surface area is 92.8 Å². The Morgan fingerprint density at radius 3 is 2.81 bits per heavy atom. The number of rotatable bonds is 5. The lowest BCUT2D eigenvalue weighted by molar-refractivity contribution is 0.0689. The molecule has 1 rings (SSSR count). The standard InChI is InChI=1S/C11H11NO4/c1-15-4-5-16-10-3-2-8(7-12)6-9(10)11(13)14/h2-3,6H,4-5H2,1H3,(H,13,14). The number of nitrogens with zero attached hydrogens (tertiary/aromatic N) is 1. The zero-order valence-corrected chi connectivity index (χ0v) is 8.77. The minimum absolute atomic E-state index is 0.0184. The number of ether oxygens (including phenoxy) is 2. The lowest BCUT2D eigenvalue weighted by atomic mass is 10.1. The number of carboxylic acid groups (broad SMARTS) is 1. The van der Waals surface area contributed by atoms with Crippen molar-refractivity contribution in [2.45, 2.75) is 0 Å². The monoisotopic (exact) mass is 221 g/mol. The van der Waals surface area contributed by atoms with Crippen molar-refractivity contribution in [1.82, 2.24) is 0 Å². The summed E-state index contributed by atoms with van der Waals surface area (Å²) < 4.78 is 10.0. The number of hydrogen-bond donors (Lipinski definition) is 1. The van der Waals surface area contributed by atoms with Crippen LogP contribution in [0, 0.1) is 11.3 Å². The fraction of sp³-hybridized carbons (Fsp3) is 0.273. The molecular weight excluding hydrogens is 210 g/mol. The summed E-state index contributed by atoms with van der Waals surface area (Å²) in [6.45, 7) is 0.641. The van der Waals surface area contributed by atoms with E-state index in [9.17, 15) is 4.79 Å². The number of carbonyl (C=O) groups is 1. The summed E-state index contributed by atoms with van der Waals surface area (Å²) in [5.41, 5.74) is 0.270. The molecule has 0 aromatic heterocycles. The van der Waals surface area contributed by atoms with Gasteiger partial charge in [-0.1, -0.05) is 0 Å². The van der Waals surface area contributed by atoms with E-state index in [1.54, 1.807) is 0 Å². The molecule has 0 unspecified atom stereocenters. The number of aromatic carboxylic acids is 1. The van der Waals surface area contributed by atoms with Crippen LogP contribution in [-0.2, 0) is 4.74 Å². The van der Waals surface area contributed by atoms with Crippen LogP contribution in [0.5, 0.6) is 5.75 Å². The van der Waals surface area contributed by atoms with Crippen molar-refractivity contribution in [3.8, 4) is 11.8 Å². The Hall–Kier alpha value is -2.06. The van der Waals surface area contributed by atoms with Gasteiger partial charge >= 0.3 is 5.97 Å². The maximum Gasteiger partial charge on any atom is 0.339 e. The van der Waals surface area contributed by atoms with Crippen LogP contribution < -0.4 is 4.74 Å². The molecule has 0 saturated carbocycles. The summed E-state index contributed by atoms with van der Waals surface area (Å²) in [5, 5.41) is 17.6. The van der Waals surface area contributed by atoms with Gasteiger partial charge in [-0.25, -0.2) is 4.79 Å². The zero-order chi connectivity index (χ0) is 12.0. The molecule has 0 heterocycles. The molecule has 5 nitrogen and oxygen atoms in total. The fourth-order valence-electron chi connectivity index (χ4n) is 1.13. The molecule has 0 spiro atoms. The Morgan fingerprint density at radius 2 is 2.25 bits per heavy atom. The van der Waals surface area contributed by atoms with Crippen LogP contribution in [0.4, 0.5) is 0 Å². The van der Waals surface area contributed by atoms with Crippen LogP contribution in [0.2, 0.25) is 0 Å². The van der Waals surface area contributed by atoms with Gasteiger partial charge in [0.05, 0.1) is 18.2 Å². The van der Waals surface area contributed by atoms with Crippen LogP contribution in [0.3, 0.4) is 0 Å². The van der Waals surface area contributed by atoms with E-state index in [0.29, 0.717) is 6.61 Å². The van der Waals surface area contributed by atoms with E-state index in [-0.39, 0.29) is 23.5 Å². The Kier molecular flexibility index (Phi) is 4.30. The summed E-state index contributed by atoms with van der Waals surface area (Å²) in [6, 6.07) is 6.13. The Bertz CT molecular complexity index is 422. The first-order chi connectivity index (χ1) is 7.69. The van der Waals surface area contributed by atoms with Crippen molar-refractivity contribution >= 4 is 5.97 Å². The van der Waals surface area contributed by atoms with Gasteiger partial charge in [0.25, 0.3) is 0 Å². The summed E-state index contributed by atoms with van der Waals surface area (Å²) in [4.78, 5) is 10.9. The highest BCUT2D eigenvalue weighted by Gasteiger charge is 2.12. The van der Waals surface area contributed by atoms with Gasteiger partial charge in [0.15, 0.2) is 0 Å². The van der Waals surface area contributed by atoms with Crippen molar-refractivity contribution in [3.05, 3.63) is 29.3 Å². The Morgan fingerprint density at radius 1 is 1.50 bits per heavy atom. The predicted molar refractivity (Wildman–Crippen MR) is 55.5 cm³/mol. The molecular formula is C11H11NO4. The number of hydrogen-bond acceptors (Lipinski definition) is 4. The molecule has 0 aliphatic carbocycles. The van der Waals surface area contributed by atoms with Crippen molar-refractivity contribution in [2.75, 3.05) is 20.3 Å². The summed E-state index contributed by atoms with van der Waals surface area (Å²) in [5.74, 6) is -0.881.